The molecule has 1 rings (SSSR count). The van der Waals surface area contributed by atoms with Gasteiger partial charge in [-0.25, -0.2) is 4.79 Å². The Labute approximate surface area is 87.1 Å². The molecule has 0 spiro atoms. The zero-order valence-corrected chi connectivity index (χ0v) is 8.83. The summed E-state index contributed by atoms with van der Waals surface area (Å²) in [6, 6.07) is 0. The molecule has 1 saturated carbocycles. The lowest BCUT2D eigenvalue weighted by Gasteiger charge is -2.41. The molecule has 88 valence electrons. The van der Waals surface area contributed by atoms with Crippen molar-refractivity contribution in [2.75, 3.05) is 0 Å². The van der Waals surface area contributed by atoms with E-state index in [9.17, 15) is 18.7 Å². The van der Waals surface area contributed by atoms with Crippen LogP contribution < -0.4 is 0 Å². The minimum atomic E-state index is -4.05. The average molecular weight is 222 g/mol. The van der Waals surface area contributed by atoms with E-state index >= 15 is 0 Å². The molecule has 0 radical (unpaired) electrons. The van der Waals surface area contributed by atoms with Crippen LogP contribution in [0, 0.1) is 11.8 Å². The normalized spacial score (nSPS) is 37.7. The number of hydrogen-bond acceptors (Lipinski definition) is 2. The van der Waals surface area contributed by atoms with E-state index in [1.165, 1.54) is 0 Å². The molecule has 1 aliphatic rings. The van der Waals surface area contributed by atoms with Crippen LogP contribution in [-0.4, -0.2) is 27.7 Å². The number of aliphatic carboxylic acids is 1. The number of rotatable bonds is 2. The summed E-state index contributed by atoms with van der Waals surface area (Å²) in [7, 11) is 0. The lowest BCUT2D eigenvalue weighted by Crippen LogP contribution is -2.56. The van der Waals surface area contributed by atoms with Crippen LogP contribution in [-0.2, 0) is 4.79 Å². The van der Waals surface area contributed by atoms with Crippen LogP contribution in [0.1, 0.15) is 33.1 Å². The predicted molar refractivity (Wildman–Crippen MR) is 49.7 cm³/mol. The third-order valence-electron chi connectivity index (χ3n) is 3.50. The zero-order valence-electron chi connectivity index (χ0n) is 8.83. The monoisotopic (exact) mass is 222 g/mol. The van der Waals surface area contributed by atoms with Gasteiger partial charge in [-0.1, -0.05) is 13.8 Å². The van der Waals surface area contributed by atoms with Crippen LogP contribution in [0.4, 0.5) is 8.78 Å². The molecule has 3 atom stereocenters. The van der Waals surface area contributed by atoms with Gasteiger partial charge in [-0.2, -0.15) is 8.78 Å². The van der Waals surface area contributed by atoms with E-state index in [4.69, 9.17) is 5.11 Å². The molecule has 2 N–H and O–H groups in total. The smallest absolute Gasteiger partial charge is 0.377 e. The molecule has 0 aromatic heterocycles. The Morgan fingerprint density at radius 1 is 1.40 bits per heavy atom. The van der Waals surface area contributed by atoms with Gasteiger partial charge < -0.3 is 10.2 Å². The van der Waals surface area contributed by atoms with Crippen molar-refractivity contribution in [3.05, 3.63) is 0 Å². The fourth-order valence-corrected chi connectivity index (χ4v) is 2.07. The molecule has 0 aromatic rings. The maximum Gasteiger partial charge on any atom is 0.377 e. The SMILES string of the molecule is CC1CCC(O)(C(F)(F)C(=O)O)CC1C. The Morgan fingerprint density at radius 3 is 2.33 bits per heavy atom. The van der Waals surface area contributed by atoms with E-state index in [0.29, 0.717) is 6.42 Å². The molecule has 15 heavy (non-hydrogen) atoms. The molecule has 0 aromatic carbocycles. The third kappa shape index (κ3) is 1.97. The van der Waals surface area contributed by atoms with Crippen molar-refractivity contribution in [2.45, 2.75) is 44.6 Å². The number of alkyl halides is 2. The highest BCUT2D eigenvalue weighted by molar-refractivity contribution is 5.77. The molecular formula is C10H16F2O3. The quantitative estimate of drug-likeness (QED) is 0.750. The molecule has 5 heteroatoms. The molecule has 0 bridgehead atoms. The molecule has 3 nitrogen and oxygen atoms in total. The molecular weight excluding hydrogens is 206 g/mol. The van der Waals surface area contributed by atoms with Gasteiger partial charge in [0.05, 0.1) is 0 Å². The predicted octanol–water partition coefficient (Wildman–Crippen LogP) is 1.89. The molecule has 0 heterocycles. The number of carboxylic acid groups (broad SMARTS) is 1. The number of hydrogen-bond donors (Lipinski definition) is 2. The van der Waals surface area contributed by atoms with Crippen molar-refractivity contribution in [3.8, 4) is 0 Å². The molecule has 0 aliphatic heterocycles. The highest BCUT2D eigenvalue weighted by Crippen LogP contribution is 2.44. The van der Waals surface area contributed by atoms with Crippen molar-refractivity contribution in [1.82, 2.24) is 0 Å². The van der Waals surface area contributed by atoms with Crippen molar-refractivity contribution in [2.24, 2.45) is 11.8 Å². The van der Waals surface area contributed by atoms with E-state index in [1.54, 1.807) is 6.92 Å². The van der Waals surface area contributed by atoms with Gasteiger partial charge >= 0.3 is 11.9 Å². The van der Waals surface area contributed by atoms with Crippen molar-refractivity contribution in [3.63, 3.8) is 0 Å². The van der Waals surface area contributed by atoms with E-state index in [0.717, 1.165) is 0 Å². The first-order chi connectivity index (χ1) is 6.71. The molecule has 3 unspecified atom stereocenters. The van der Waals surface area contributed by atoms with Gasteiger partial charge in [-0.15, -0.1) is 0 Å². The van der Waals surface area contributed by atoms with Crippen LogP contribution in [0.5, 0.6) is 0 Å². The fraction of sp³-hybridized carbons (Fsp3) is 0.900. The summed E-state index contributed by atoms with van der Waals surface area (Å²) in [5, 5.41) is 18.1. The minimum absolute atomic E-state index is 0.0889. The van der Waals surface area contributed by atoms with E-state index in [-0.39, 0.29) is 24.7 Å². The molecule has 0 saturated heterocycles. The van der Waals surface area contributed by atoms with Crippen LogP contribution in [0.15, 0.2) is 0 Å². The van der Waals surface area contributed by atoms with E-state index in [2.05, 4.69) is 0 Å². The average Bonchev–Trinajstić information content (AvgIpc) is 2.11. The van der Waals surface area contributed by atoms with E-state index < -0.39 is 17.5 Å². The first-order valence-corrected chi connectivity index (χ1v) is 5.04. The van der Waals surface area contributed by atoms with Gasteiger partial charge in [-0.3, -0.25) is 0 Å². The topological polar surface area (TPSA) is 57.5 Å². The van der Waals surface area contributed by atoms with Crippen LogP contribution in [0.2, 0.25) is 0 Å². The standard InChI is InChI=1S/C10H16F2O3/c1-6-3-4-9(15,5-7(6)2)10(11,12)8(13)14/h6-7,15H,3-5H2,1-2H3,(H,13,14). The van der Waals surface area contributed by atoms with Crippen molar-refractivity contribution < 1.29 is 23.8 Å². The third-order valence-corrected chi connectivity index (χ3v) is 3.50. The summed E-state index contributed by atoms with van der Waals surface area (Å²) >= 11 is 0. The Hall–Kier alpha value is -0.710. The number of halogens is 2. The summed E-state index contributed by atoms with van der Waals surface area (Å²) in [5.74, 6) is -6.14. The van der Waals surface area contributed by atoms with Gasteiger partial charge in [-0.05, 0) is 31.1 Å². The zero-order chi connectivity index (χ0) is 11.9. The summed E-state index contributed by atoms with van der Waals surface area (Å²) in [4.78, 5) is 10.4. The molecule has 1 fully saturated rings. The molecule has 0 amide bonds. The maximum absolute atomic E-state index is 13.3. The number of carboxylic acids is 1. The second kappa shape index (κ2) is 3.70. The van der Waals surface area contributed by atoms with Gasteiger partial charge in [0.25, 0.3) is 0 Å². The maximum atomic E-state index is 13.3. The number of aliphatic hydroxyl groups is 1. The van der Waals surface area contributed by atoms with Gasteiger partial charge in [0.2, 0.25) is 0 Å². The largest absolute Gasteiger partial charge is 0.477 e. The van der Waals surface area contributed by atoms with Crippen LogP contribution in [0.25, 0.3) is 0 Å². The lowest BCUT2D eigenvalue weighted by atomic mass is 9.70. The summed E-state index contributed by atoms with van der Waals surface area (Å²) in [6.07, 6.45) is 0.117. The highest BCUT2D eigenvalue weighted by Gasteiger charge is 2.60. The first-order valence-electron chi connectivity index (χ1n) is 5.04. The second-order valence-electron chi connectivity index (χ2n) is 4.61. The first kappa shape index (κ1) is 12.4. The highest BCUT2D eigenvalue weighted by atomic mass is 19.3. The van der Waals surface area contributed by atoms with Gasteiger partial charge in [0, 0.05) is 0 Å². The molecule has 1 aliphatic carbocycles. The minimum Gasteiger partial charge on any atom is -0.477 e. The lowest BCUT2D eigenvalue weighted by molar-refractivity contribution is -0.221. The van der Waals surface area contributed by atoms with Crippen molar-refractivity contribution >= 4 is 5.97 Å². The van der Waals surface area contributed by atoms with Crippen LogP contribution in [0.3, 0.4) is 0 Å². The van der Waals surface area contributed by atoms with Crippen molar-refractivity contribution in [1.29, 1.82) is 0 Å². The Balaban J connectivity index is 2.89. The summed E-state index contributed by atoms with van der Waals surface area (Å²) < 4.78 is 26.5. The summed E-state index contributed by atoms with van der Waals surface area (Å²) in [6.45, 7) is 3.68. The van der Waals surface area contributed by atoms with Crippen LogP contribution >= 0.6 is 0 Å². The van der Waals surface area contributed by atoms with Gasteiger partial charge in [0.1, 0.15) is 5.60 Å². The Morgan fingerprint density at radius 2 is 1.93 bits per heavy atom. The summed E-state index contributed by atoms with van der Waals surface area (Å²) in [5.41, 5.74) is -2.38. The Bertz CT molecular complexity index is 267. The van der Waals surface area contributed by atoms with Gasteiger partial charge in [0.15, 0.2) is 0 Å². The Kier molecular flexibility index (Phi) is 3.05. The fourth-order valence-electron chi connectivity index (χ4n) is 2.07. The second-order valence-corrected chi connectivity index (χ2v) is 4.61. The van der Waals surface area contributed by atoms with E-state index in [1.807, 2.05) is 6.92 Å². The number of carbonyl (C=O) groups is 1.